The van der Waals surface area contributed by atoms with Crippen LogP contribution in [0, 0.1) is 0 Å². The highest BCUT2D eigenvalue weighted by Crippen LogP contribution is 2.45. The van der Waals surface area contributed by atoms with E-state index in [9.17, 15) is 43.2 Å². The van der Waals surface area contributed by atoms with Crippen LogP contribution in [0.1, 0.15) is 323 Å². The Morgan fingerprint density at radius 3 is 0.837 bits per heavy atom. The van der Waals surface area contributed by atoms with Crippen LogP contribution in [0.2, 0.25) is 0 Å². The van der Waals surface area contributed by atoms with E-state index in [1.54, 1.807) is 0 Å². The van der Waals surface area contributed by atoms with Crippen molar-refractivity contribution in [2.45, 2.75) is 341 Å². The summed E-state index contributed by atoms with van der Waals surface area (Å²) in [5.41, 5.74) is 0. The van der Waals surface area contributed by atoms with Gasteiger partial charge in [0.15, 0.2) is 12.2 Å². The average Bonchev–Trinajstić information content (AvgIpc) is 0.973. The molecule has 0 aliphatic carbocycles. The smallest absolute Gasteiger partial charge is 0.462 e. The number of aliphatic hydroxyl groups excluding tert-OH is 1. The summed E-state index contributed by atoms with van der Waals surface area (Å²) >= 11 is 0. The molecule has 0 aromatic carbocycles. The summed E-state index contributed by atoms with van der Waals surface area (Å²) in [6, 6.07) is 0. The van der Waals surface area contributed by atoms with Crippen molar-refractivity contribution < 1.29 is 80.2 Å². The summed E-state index contributed by atoms with van der Waals surface area (Å²) in [5, 5.41) is 10.6. The second-order valence-corrected chi connectivity index (χ2v) is 28.4. The Bertz CT molecular complexity index is 2240. The van der Waals surface area contributed by atoms with Crippen molar-refractivity contribution in [3.63, 3.8) is 0 Å². The van der Waals surface area contributed by atoms with Crippen LogP contribution in [0.15, 0.2) is 97.2 Å². The Morgan fingerprint density at radius 2 is 0.531 bits per heavy atom. The minimum absolute atomic E-state index is 0.0798. The second kappa shape index (κ2) is 71.4. The lowest BCUT2D eigenvalue weighted by Crippen LogP contribution is -2.30. The van der Waals surface area contributed by atoms with E-state index >= 15 is 0 Å². The van der Waals surface area contributed by atoms with Gasteiger partial charge in [-0.1, -0.05) is 273 Å². The molecule has 0 aromatic rings. The maximum atomic E-state index is 13.1. The quantitative estimate of drug-likeness (QED) is 0.0169. The summed E-state index contributed by atoms with van der Waals surface area (Å²) in [6.07, 6.45) is 74.0. The molecule has 3 N–H and O–H groups in total. The molecule has 98 heavy (non-hydrogen) atoms. The number of hydrogen-bond acceptors (Lipinski definition) is 15. The number of unbranched alkanes of at least 4 members (excludes halogenated alkanes) is 30. The van der Waals surface area contributed by atoms with Crippen molar-refractivity contribution in [1.29, 1.82) is 0 Å². The Balaban J connectivity index is 5.32. The lowest BCUT2D eigenvalue weighted by atomic mass is 10.1. The van der Waals surface area contributed by atoms with E-state index in [-0.39, 0.29) is 25.7 Å². The largest absolute Gasteiger partial charge is 0.472 e. The van der Waals surface area contributed by atoms with Crippen LogP contribution in [-0.4, -0.2) is 96.7 Å². The van der Waals surface area contributed by atoms with Gasteiger partial charge in [0.2, 0.25) is 0 Å². The summed E-state index contributed by atoms with van der Waals surface area (Å²) in [6.45, 7) is 4.60. The first kappa shape index (κ1) is 94.0. The van der Waals surface area contributed by atoms with Crippen LogP contribution in [0.5, 0.6) is 0 Å². The number of allylic oxidation sites excluding steroid dienone is 16. The summed E-state index contributed by atoms with van der Waals surface area (Å²) in [4.78, 5) is 72.8. The number of phosphoric ester groups is 2. The van der Waals surface area contributed by atoms with Crippen molar-refractivity contribution in [3.05, 3.63) is 97.2 Å². The third-order valence-corrected chi connectivity index (χ3v) is 17.9. The minimum Gasteiger partial charge on any atom is -0.462 e. The Hall–Kier alpha value is -4.02. The zero-order valence-corrected chi connectivity index (χ0v) is 63.5. The molecule has 17 nitrogen and oxygen atoms in total. The topological polar surface area (TPSA) is 237 Å². The highest BCUT2D eigenvalue weighted by atomic mass is 31.2. The number of aliphatic hydroxyl groups is 1. The predicted octanol–water partition coefficient (Wildman–Crippen LogP) is 22.0. The minimum atomic E-state index is -4.98. The predicted molar refractivity (Wildman–Crippen MR) is 399 cm³/mol. The molecular formula is C79H138O17P2. The van der Waals surface area contributed by atoms with E-state index in [1.807, 2.05) is 0 Å². The molecule has 5 unspecified atom stereocenters. The first-order chi connectivity index (χ1) is 47.7. The van der Waals surface area contributed by atoms with Crippen molar-refractivity contribution in [1.82, 2.24) is 0 Å². The summed E-state index contributed by atoms with van der Waals surface area (Å²) < 4.78 is 68.4. The lowest BCUT2D eigenvalue weighted by molar-refractivity contribution is -0.161. The molecule has 0 radical (unpaired) electrons. The van der Waals surface area contributed by atoms with Gasteiger partial charge in [0, 0.05) is 25.7 Å². The van der Waals surface area contributed by atoms with Gasteiger partial charge in [-0.3, -0.25) is 37.3 Å². The van der Waals surface area contributed by atoms with Gasteiger partial charge in [0.25, 0.3) is 0 Å². The molecule has 0 spiro atoms. The third kappa shape index (κ3) is 70.4. The van der Waals surface area contributed by atoms with Gasteiger partial charge in [0.1, 0.15) is 19.3 Å². The fourth-order valence-electron chi connectivity index (χ4n) is 10.2. The third-order valence-electron chi connectivity index (χ3n) is 16.0. The normalized spacial score (nSPS) is 14.5. The molecule has 0 saturated heterocycles. The monoisotopic (exact) mass is 1420 g/mol. The molecule has 0 rings (SSSR count). The molecule has 566 valence electrons. The van der Waals surface area contributed by atoms with E-state index in [2.05, 4.69) is 125 Å². The standard InChI is InChI=1S/C79H138O17P2/c1-5-9-13-17-21-25-29-32-34-36-38-41-44-47-51-55-59-63-76(81)89-69-74(95-78(83)65-61-57-53-49-43-28-24-20-16-12-8-4)71-93-97(85,86)91-67-73(80)68-92-98(87,88)94-72-75(96-79(84)66-62-58-54-50-46-40-31-27-23-19-15-11-7-3)70-90-77(82)64-60-56-52-48-45-42-39-37-35-33-30-26-22-18-14-10-6-2/h9-10,13-14,21-22,25-27,31-35,39,42,73-75,80H,5-8,11-12,15-20,23-24,28-30,36-38,40-41,43-72H2,1-4H3,(H,85,86)(H,87,88)/b13-9-,14-10-,25-21-,26-22-,31-27-,34-32-,35-33-,42-39-. The zero-order chi connectivity index (χ0) is 71.8. The summed E-state index contributed by atoms with van der Waals surface area (Å²) in [5.74, 6) is -2.21. The fourth-order valence-corrected chi connectivity index (χ4v) is 11.8. The molecule has 0 aromatic heterocycles. The Morgan fingerprint density at radius 1 is 0.296 bits per heavy atom. The molecule has 0 aliphatic heterocycles. The van der Waals surface area contributed by atoms with Crippen LogP contribution < -0.4 is 0 Å². The van der Waals surface area contributed by atoms with Crippen molar-refractivity contribution in [2.75, 3.05) is 39.6 Å². The number of esters is 4. The van der Waals surface area contributed by atoms with Crippen LogP contribution in [0.4, 0.5) is 0 Å². The second-order valence-electron chi connectivity index (χ2n) is 25.5. The Kier molecular flexibility index (Phi) is 68.4. The molecule has 19 heteroatoms. The van der Waals surface area contributed by atoms with Crippen LogP contribution in [0.25, 0.3) is 0 Å². The van der Waals surface area contributed by atoms with E-state index in [4.69, 9.17) is 37.0 Å². The number of phosphoric acid groups is 2. The van der Waals surface area contributed by atoms with E-state index in [0.717, 1.165) is 180 Å². The maximum absolute atomic E-state index is 13.1. The van der Waals surface area contributed by atoms with Crippen molar-refractivity contribution in [3.8, 4) is 0 Å². The van der Waals surface area contributed by atoms with Crippen LogP contribution >= 0.6 is 15.6 Å². The van der Waals surface area contributed by atoms with Gasteiger partial charge in [-0.2, -0.15) is 0 Å². The van der Waals surface area contributed by atoms with E-state index < -0.39 is 97.5 Å². The number of hydrogen-bond donors (Lipinski definition) is 3. The highest BCUT2D eigenvalue weighted by Gasteiger charge is 2.30. The molecule has 0 bridgehead atoms. The SMILES string of the molecule is CC/C=C\C/C=C\C/C=C\C/C=C\CCCCCCC(=O)OCC(COP(=O)(O)OCC(O)COP(=O)(O)OCC(COC(=O)CCCCCCCCC/C=C\C/C=C\C/C=C\CC)OC(=O)CCCCCCCCCCCCC)OC(=O)CCCCCCC/C=C\CCCCCC. The number of carbonyl (C=O) groups excluding carboxylic acids is 4. The molecule has 5 atom stereocenters. The number of rotatable bonds is 72. The molecule has 0 saturated carbocycles. The van der Waals surface area contributed by atoms with Gasteiger partial charge < -0.3 is 33.8 Å². The van der Waals surface area contributed by atoms with Gasteiger partial charge in [-0.05, 0) is 122 Å². The summed E-state index contributed by atoms with van der Waals surface area (Å²) in [7, 11) is -9.95. The van der Waals surface area contributed by atoms with Crippen molar-refractivity contribution in [2.24, 2.45) is 0 Å². The maximum Gasteiger partial charge on any atom is 0.472 e. The average molecular weight is 1420 g/mol. The molecule has 0 amide bonds. The van der Waals surface area contributed by atoms with Crippen molar-refractivity contribution >= 4 is 39.5 Å². The van der Waals surface area contributed by atoms with Gasteiger partial charge in [-0.15, -0.1) is 0 Å². The lowest BCUT2D eigenvalue weighted by Gasteiger charge is -2.21. The zero-order valence-electron chi connectivity index (χ0n) is 61.7. The van der Waals surface area contributed by atoms with E-state index in [0.29, 0.717) is 25.7 Å². The van der Waals surface area contributed by atoms with Gasteiger partial charge >= 0.3 is 39.5 Å². The molecular weight excluding hydrogens is 1280 g/mol. The fraction of sp³-hybridized carbons (Fsp3) is 0.747. The van der Waals surface area contributed by atoms with Gasteiger partial charge in [-0.25, -0.2) is 9.13 Å². The first-order valence-electron chi connectivity index (χ1n) is 38.5. The molecule has 0 heterocycles. The first-order valence-corrected chi connectivity index (χ1v) is 41.5. The van der Waals surface area contributed by atoms with Crippen LogP contribution in [0.3, 0.4) is 0 Å². The molecule has 0 fully saturated rings. The van der Waals surface area contributed by atoms with Gasteiger partial charge in [0.05, 0.1) is 26.4 Å². The molecule has 0 aliphatic rings. The number of ether oxygens (including phenoxy) is 4. The highest BCUT2D eigenvalue weighted by molar-refractivity contribution is 7.47. The number of carbonyl (C=O) groups is 4. The van der Waals surface area contributed by atoms with E-state index in [1.165, 1.54) is 64.2 Å². The van der Waals surface area contributed by atoms with Crippen LogP contribution in [-0.2, 0) is 65.4 Å². The Labute approximate surface area is 595 Å².